The van der Waals surface area contributed by atoms with Crippen molar-refractivity contribution in [2.75, 3.05) is 23.4 Å². The van der Waals surface area contributed by atoms with Gasteiger partial charge in [0.05, 0.1) is 16.8 Å². The number of unbranched alkanes of at least 4 members (excludes halogenated alkanes) is 2. The highest BCUT2D eigenvalue weighted by Crippen LogP contribution is 2.35. The molecule has 2 aromatic carbocycles. The molecule has 0 bridgehead atoms. The summed E-state index contributed by atoms with van der Waals surface area (Å²) in [6.45, 7) is 4.17. The number of hydrogen-bond donors (Lipinski definition) is 1. The molecule has 1 atom stereocenters. The number of carbonyl (C=O) groups excluding carboxylic acids is 4. The molecule has 4 amide bonds. The third-order valence-electron chi connectivity index (χ3n) is 5.75. The summed E-state index contributed by atoms with van der Waals surface area (Å²) in [4.78, 5) is 53.3. The zero-order chi connectivity index (χ0) is 22.8. The van der Waals surface area contributed by atoms with E-state index in [1.807, 2.05) is 0 Å². The van der Waals surface area contributed by atoms with Gasteiger partial charge in [0.1, 0.15) is 11.8 Å². The maximum Gasteiger partial charge on any atom is 0.265 e. The van der Waals surface area contributed by atoms with Crippen LogP contribution in [0.25, 0.3) is 0 Å². The molecule has 166 valence electrons. The second-order valence-corrected chi connectivity index (χ2v) is 7.91. The van der Waals surface area contributed by atoms with Crippen LogP contribution >= 0.6 is 0 Å². The second-order valence-electron chi connectivity index (χ2n) is 7.91. The van der Waals surface area contributed by atoms with Crippen molar-refractivity contribution in [3.63, 3.8) is 0 Å². The molecule has 0 aliphatic carbocycles. The molecule has 2 aromatic rings. The van der Waals surface area contributed by atoms with Crippen molar-refractivity contribution < 1.29 is 23.9 Å². The fourth-order valence-corrected chi connectivity index (χ4v) is 3.97. The van der Waals surface area contributed by atoms with Crippen LogP contribution in [0.4, 0.5) is 11.4 Å². The predicted molar refractivity (Wildman–Crippen MR) is 119 cm³/mol. The van der Waals surface area contributed by atoms with Crippen LogP contribution < -0.4 is 15.0 Å². The maximum atomic E-state index is 12.9. The van der Waals surface area contributed by atoms with Crippen molar-refractivity contribution >= 4 is 35.0 Å². The van der Waals surface area contributed by atoms with Crippen LogP contribution in [0.2, 0.25) is 0 Å². The minimum Gasteiger partial charge on any atom is -0.482 e. The molecule has 1 N–H and O–H groups in total. The van der Waals surface area contributed by atoms with Crippen LogP contribution in [0.5, 0.6) is 5.75 Å². The monoisotopic (exact) mass is 435 g/mol. The van der Waals surface area contributed by atoms with E-state index in [9.17, 15) is 19.2 Å². The lowest BCUT2D eigenvalue weighted by molar-refractivity contribution is -0.121. The van der Waals surface area contributed by atoms with Crippen LogP contribution in [0.3, 0.4) is 0 Å². The number of ether oxygens (including phenoxy) is 1. The van der Waals surface area contributed by atoms with Crippen molar-refractivity contribution in [1.82, 2.24) is 4.90 Å². The lowest BCUT2D eigenvalue weighted by Gasteiger charge is -2.30. The first-order chi connectivity index (χ1) is 15.4. The normalized spacial score (nSPS) is 15.9. The van der Waals surface area contributed by atoms with E-state index in [-0.39, 0.29) is 12.5 Å². The van der Waals surface area contributed by atoms with Crippen LogP contribution in [0.15, 0.2) is 42.5 Å². The molecule has 8 nitrogen and oxygen atoms in total. The maximum absolute atomic E-state index is 12.9. The molecule has 2 aliphatic rings. The van der Waals surface area contributed by atoms with E-state index < -0.39 is 23.8 Å². The Morgan fingerprint density at radius 2 is 1.75 bits per heavy atom. The van der Waals surface area contributed by atoms with Crippen molar-refractivity contribution in [2.24, 2.45) is 0 Å². The number of hydrogen-bond acceptors (Lipinski definition) is 5. The Hall–Kier alpha value is -3.68. The van der Waals surface area contributed by atoms with Gasteiger partial charge in [0, 0.05) is 12.2 Å². The standard InChI is InChI=1S/C24H25N3O5/c1-3-4-7-12-26-19-13-16(10-11-20(19)32-14-21(26)28)25-22(29)15(2)27-23(30)17-8-5-6-9-18(17)24(27)31/h5-6,8-11,13,15H,3-4,7,12,14H2,1-2H3,(H,25,29). The highest BCUT2D eigenvalue weighted by Gasteiger charge is 2.40. The fraction of sp³-hybridized carbons (Fsp3) is 0.333. The van der Waals surface area contributed by atoms with Crippen molar-refractivity contribution in [2.45, 2.75) is 39.2 Å². The van der Waals surface area contributed by atoms with Gasteiger partial charge < -0.3 is 15.0 Å². The molecule has 2 aliphatic heterocycles. The molecule has 8 heteroatoms. The van der Waals surface area contributed by atoms with E-state index in [1.54, 1.807) is 47.4 Å². The molecule has 32 heavy (non-hydrogen) atoms. The summed E-state index contributed by atoms with van der Waals surface area (Å²) in [6, 6.07) is 10.6. The molecule has 0 saturated heterocycles. The Balaban J connectivity index is 1.51. The van der Waals surface area contributed by atoms with Crippen molar-refractivity contribution in [3.05, 3.63) is 53.6 Å². The van der Waals surface area contributed by atoms with E-state index in [1.165, 1.54) is 6.92 Å². The van der Waals surface area contributed by atoms with Gasteiger partial charge in [0.15, 0.2) is 6.61 Å². The highest BCUT2D eigenvalue weighted by molar-refractivity contribution is 6.23. The summed E-state index contributed by atoms with van der Waals surface area (Å²) in [5.74, 6) is -1.02. The van der Waals surface area contributed by atoms with E-state index in [0.717, 1.165) is 24.2 Å². The Morgan fingerprint density at radius 1 is 1.06 bits per heavy atom. The first-order valence-corrected chi connectivity index (χ1v) is 10.8. The number of carbonyl (C=O) groups is 4. The molecule has 0 radical (unpaired) electrons. The second kappa shape index (κ2) is 8.82. The number of anilines is 2. The van der Waals surface area contributed by atoms with Gasteiger partial charge in [-0.1, -0.05) is 31.9 Å². The fourth-order valence-electron chi connectivity index (χ4n) is 3.97. The Bertz CT molecular complexity index is 1060. The number of imide groups is 1. The molecule has 0 fully saturated rings. The Morgan fingerprint density at radius 3 is 2.41 bits per heavy atom. The van der Waals surface area contributed by atoms with Gasteiger partial charge in [-0.15, -0.1) is 0 Å². The first-order valence-electron chi connectivity index (χ1n) is 10.8. The van der Waals surface area contributed by atoms with E-state index >= 15 is 0 Å². The van der Waals surface area contributed by atoms with Gasteiger partial charge in [-0.05, 0) is 43.7 Å². The average Bonchev–Trinajstić information content (AvgIpc) is 3.05. The predicted octanol–water partition coefficient (Wildman–Crippen LogP) is 3.23. The molecule has 0 saturated carbocycles. The number of fused-ring (bicyclic) bond motifs is 2. The zero-order valence-corrected chi connectivity index (χ0v) is 18.1. The van der Waals surface area contributed by atoms with Crippen LogP contribution in [-0.4, -0.2) is 47.7 Å². The summed E-state index contributed by atoms with van der Waals surface area (Å²) in [7, 11) is 0. The summed E-state index contributed by atoms with van der Waals surface area (Å²) in [5, 5.41) is 2.76. The number of benzene rings is 2. The lowest BCUT2D eigenvalue weighted by atomic mass is 10.1. The average molecular weight is 435 g/mol. The molecule has 2 heterocycles. The summed E-state index contributed by atoms with van der Waals surface area (Å²) >= 11 is 0. The molecular formula is C24H25N3O5. The van der Waals surface area contributed by atoms with Crippen molar-refractivity contribution in [1.29, 1.82) is 0 Å². The summed E-state index contributed by atoms with van der Waals surface area (Å²) < 4.78 is 5.52. The Labute approximate surface area is 186 Å². The smallest absolute Gasteiger partial charge is 0.265 e. The summed E-state index contributed by atoms with van der Waals surface area (Å²) in [5.41, 5.74) is 1.65. The molecular weight excluding hydrogens is 410 g/mol. The minimum atomic E-state index is -1.00. The molecule has 1 unspecified atom stereocenters. The third-order valence-corrected chi connectivity index (χ3v) is 5.75. The zero-order valence-electron chi connectivity index (χ0n) is 18.1. The van der Waals surface area contributed by atoms with Gasteiger partial charge in [0.2, 0.25) is 5.91 Å². The molecule has 0 spiro atoms. The third kappa shape index (κ3) is 3.84. The van der Waals surface area contributed by atoms with Crippen LogP contribution in [0.1, 0.15) is 53.8 Å². The quantitative estimate of drug-likeness (QED) is 0.532. The number of nitrogens with one attached hydrogen (secondary N) is 1. The molecule has 0 aromatic heterocycles. The van der Waals surface area contributed by atoms with Crippen LogP contribution in [-0.2, 0) is 9.59 Å². The van der Waals surface area contributed by atoms with Gasteiger partial charge in [-0.2, -0.15) is 0 Å². The number of rotatable bonds is 7. The number of amides is 4. The van der Waals surface area contributed by atoms with Crippen molar-refractivity contribution in [3.8, 4) is 5.75 Å². The topological polar surface area (TPSA) is 96.0 Å². The molecule has 4 rings (SSSR count). The number of nitrogens with zero attached hydrogens (tertiary/aromatic N) is 2. The minimum absolute atomic E-state index is 0.0123. The summed E-state index contributed by atoms with van der Waals surface area (Å²) in [6.07, 6.45) is 2.92. The largest absolute Gasteiger partial charge is 0.482 e. The van der Waals surface area contributed by atoms with E-state index in [0.29, 0.717) is 34.8 Å². The van der Waals surface area contributed by atoms with Gasteiger partial charge >= 0.3 is 0 Å². The first kappa shape index (κ1) is 21.5. The van der Waals surface area contributed by atoms with Gasteiger partial charge in [-0.3, -0.25) is 24.1 Å². The Kier molecular flexibility index (Phi) is 5.94. The van der Waals surface area contributed by atoms with Crippen LogP contribution in [0, 0.1) is 0 Å². The highest BCUT2D eigenvalue weighted by atomic mass is 16.5. The lowest BCUT2D eigenvalue weighted by Crippen LogP contribution is -2.45. The van der Waals surface area contributed by atoms with Gasteiger partial charge in [-0.25, -0.2) is 0 Å². The van der Waals surface area contributed by atoms with Gasteiger partial charge in [0.25, 0.3) is 17.7 Å². The SMILES string of the molecule is CCCCCN1C(=O)COc2ccc(NC(=O)C(C)N3C(=O)c4ccccc4C3=O)cc21. The van der Waals surface area contributed by atoms with E-state index in [2.05, 4.69) is 12.2 Å². The van der Waals surface area contributed by atoms with E-state index in [4.69, 9.17) is 4.74 Å².